The van der Waals surface area contributed by atoms with Gasteiger partial charge in [-0.05, 0) is 13.3 Å². The van der Waals surface area contributed by atoms with Gasteiger partial charge in [-0.25, -0.2) is 4.79 Å². The Morgan fingerprint density at radius 2 is 2.00 bits per heavy atom. The molecule has 0 aromatic carbocycles. The maximum Gasteiger partial charge on any atom is 0.334 e. The second kappa shape index (κ2) is 4.52. The lowest BCUT2D eigenvalue weighted by atomic mass is 9.78. The Balaban J connectivity index is 1.99. The van der Waals surface area contributed by atoms with Crippen LogP contribution in [-0.4, -0.2) is 51.0 Å². The number of fused-ring (bicyclic) bond motifs is 3. The van der Waals surface area contributed by atoms with Crippen LogP contribution < -0.4 is 0 Å². The van der Waals surface area contributed by atoms with E-state index in [-0.39, 0.29) is 24.3 Å². The zero-order chi connectivity index (χ0) is 15.6. The van der Waals surface area contributed by atoms with E-state index in [2.05, 4.69) is 6.58 Å². The van der Waals surface area contributed by atoms with Gasteiger partial charge in [0.25, 0.3) is 0 Å². The number of hydrogen-bond donors (Lipinski definition) is 3. The van der Waals surface area contributed by atoms with Crippen molar-refractivity contribution in [1.29, 1.82) is 0 Å². The molecule has 6 heteroatoms. The summed E-state index contributed by atoms with van der Waals surface area (Å²) in [6, 6.07) is 0. The third-order valence-electron chi connectivity index (χ3n) is 5.31. The molecule has 0 aromatic heterocycles. The molecule has 3 rings (SSSR count). The molecule has 0 spiro atoms. The molecule has 0 amide bonds. The summed E-state index contributed by atoms with van der Waals surface area (Å²) < 4.78 is 11.0. The van der Waals surface area contributed by atoms with Crippen LogP contribution in [-0.2, 0) is 14.3 Å². The summed E-state index contributed by atoms with van der Waals surface area (Å²) in [7, 11) is 0. The Morgan fingerprint density at radius 3 is 2.67 bits per heavy atom. The Hall–Kier alpha value is -0.950. The molecule has 0 unspecified atom stereocenters. The molecule has 0 aliphatic carbocycles. The zero-order valence-electron chi connectivity index (χ0n) is 12.3. The van der Waals surface area contributed by atoms with Crippen molar-refractivity contribution in [1.82, 2.24) is 0 Å². The van der Waals surface area contributed by atoms with Gasteiger partial charge >= 0.3 is 5.97 Å². The summed E-state index contributed by atoms with van der Waals surface area (Å²) in [5.41, 5.74) is -0.800. The van der Waals surface area contributed by atoms with Gasteiger partial charge in [0, 0.05) is 24.3 Å². The van der Waals surface area contributed by atoms with Gasteiger partial charge < -0.3 is 24.8 Å². The van der Waals surface area contributed by atoms with Crippen LogP contribution in [0.2, 0.25) is 0 Å². The van der Waals surface area contributed by atoms with Crippen LogP contribution in [0.4, 0.5) is 0 Å². The van der Waals surface area contributed by atoms with E-state index in [1.54, 1.807) is 13.8 Å². The van der Waals surface area contributed by atoms with Gasteiger partial charge in [0.1, 0.15) is 6.10 Å². The average molecular weight is 298 g/mol. The highest BCUT2D eigenvalue weighted by Gasteiger charge is 2.59. The van der Waals surface area contributed by atoms with Crippen molar-refractivity contribution in [3.63, 3.8) is 0 Å². The third-order valence-corrected chi connectivity index (χ3v) is 5.31. The monoisotopic (exact) mass is 298 g/mol. The molecule has 3 fully saturated rings. The summed E-state index contributed by atoms with van der Waals surface area (Å²) in [4.78, 5) is 11.7. The number of rotatable bonds is 0. The first-order valence-corrected chi connectivity index (χ1v) is 7.35. The molecule has 118 valence electrons. The lowest BCUT2D eigenvalue weighted by Crippen LogP contribution is -2.43. The van der Waals surface area contributed by atoms with Crippen molar-refractivity contribution in [2.75, 3.05) is 0 Å². The summed E-state index contributed by atoms with van der Waals surface area (Å²) in [5, 5.41) is 31.4. The second-order valence-corrected chi connectivity index (χ2v) is 6.88. The Bertz CT molecular complexity index is 491. The van der Waals surface area contributed by atoms with E-state index in [1.807, 2.05) is 0 Å². The Morgan fingerprint density at radius 1 is 1.33 bits per heavy atom. The SMILES string of the molecule is C=C1C(=O)O[C@@H]2C[C@@H](C)[C@@]3(O)C[C@H](O)[C@](C)(C[C@@H](O)[C@@H]12)O3. The quantitative estimate of drug-likeness (QED) is 0.434. The minimum absolute atomic E-state index is 0.0870. The van der Waals surface area contributed by atoms with Gasteiger partial charge in [-0.2, -0.15) is 0 Å². The number of carbonyl (C=O) groups excluding carboxylic acids is 1. The first-order valence-electron chi connectivity index (χ1n) is 7.35. The molecule has 3 aliphatic rings. The third kappa shape index (κ3) is 2.12. The largest absolute Gasteiger partial charge is 0.458 e. The topological polar surface area (TPSA) is 96.2 Å². The van der Waals surface area contributed by atoms with Crippen molar-refractivity contribution in [2.24, 2.45) is 11.8 Å². The lowest BCUT2D eigenvalue weighted by molar-refractivity contribution is -0.252. The average Bonchev–Trinajstić information content (AvgIpc) is 2.75. The molecule has 3 aliphatic heterocycles. The molecule has 0 radical (unpaired) electrons. The fraction of sp³-hybridized carbons (Fsp3) is 0.800. The van der Waals surface area contributed by atoms with Gasteiger partial charge in [0.05, 0.1) is 23.7 Å². The van der Waals surface area contributed by atoms with E-state index < -0.39 is 41.6 Å². The number of hydrogen-bond acceptors (Lipinski definition) is 6. The van der Waals surface area contributed by atoms with Crippen LogP contribution in [0, 0.1) is 11.8 Å². The highest BCUT2D eigenvalue weighted by Crippen LogP contribution is 2.49. The molecule has 0 aromatic rings. The maximum atomic E-state index is 11.7. The van der Waals surface area contributed by atoms with Crippen LogP contribution in [0.25, 0.3) is 0 Å². The number of carbonyl (C=O) groups is 1. The first kappa shape index (κ1) is 15.0. The van der Waals surface area contributed by atoms with Crippen LogP contribution in [0.1, 0.15) is 33.1 Å². The smallest absolute Gasteiger partial charge is 0.334 e. The summed E-state index contributed by atoms with van der Waals surface area (Å²) in [6.07, 6.45) is -1.75. The van der Waals surface area contributed by atoms with E-state index in [1.165, 1.54) is 0 Å². The van der Waals surface area contributed by atoms with Crippen LogP contribution >= 0.6 is 0 Å². The predicted molar refractivity (Wildman–Crippen MR) is 72.0 cm³/mol. The number of aliphatic hydroxyl groups is 3. The van der Waals surface area contributed by atoms with Crippen molar-refractivity contribution in [3.8, 4) is 0 Å². The fourth-order valence-electron chi connectivity index (χ4n) is 3.88. The van der Waals surface area contributed by atoms with Crippen molar-refractivity contribution < 1.29 is 29.6 Å². The minimum atomic E-state index is -1.47. The molecule has 3 N–H and O–H groups in total. The molecular weight excluding hydrogens is 276 g/mol. The highest BCUT2D eigenvalue weighted by molar-refractivity contribution is 5.91. The Labute approximate surface area is 123 Å². The van der Waals surface area contributed by atoms with Crippen LogP contribution in [0.3, 0.4) is 0 Å². The predicted octanol–water partition coefficient (Wildman–Crippen LogP) is 0.104. The van der Waals surface area contributed by atoms with Gasteiger partial charge in [-0.3, -0.25) is 0 Å². The van der Waals surface area contributed by atoms with Crippen molar-refractivity contribution in [3.05, 3.63) is 12.2 Å². The Kier molecular flexibility index (Phi) is 3.22. The van der Waals surface area contributed by atoms with Crippen LogP contribution in [0.15, 0.2) is 12.2 Å². The molecule has 7 atom stereocenters. The summed E-state index contributed by atoms with van der Waals surface area (Å²) >= 11 is 0. The minimum Gasteiger partial charge on any atom is -0.458 e. The maximum absolute atomic E-state index is 11.7. The van der Waals surface area contributed by atoms with E-state index in [0.717, 1.165) is 0 Å². The highest BCUT2D eigenvalue weighted by atomic mass is 16.7. The zero-order valence-corrected chi connectivity index (χ0v) is 12.3. The number of ether oxygens (including phenoxy) is 2. The van der Waals surface area contributed by atoms with E-state index in [4.69, 9.17) is 9.47 Å². The van der Waals surface area contributed by atoms with Crippen molar-refractivity contribution >= 4 is 5.97 Å². The molecule has 6 nitrogen and oxygen atoms in total. The summed E-state index contributed by atoms with van der Waals surface area (Å²) in [6.45, 7) is 7.19. The second-order valence-electron chi connectivity index (χ2n) is 6.88. The van der Waals surface area contributed by atoms with Gasteiger partial charge in [-0.15, -0.1) is 0 Å². The molecule has 3 heterocycles. The van der Waals surface area contributed by atoms with Gasteiger partial charge in [0.15, 0.2) is 5.79 Å². The van der Waals surface area contributed by atoms with Gasteiger partial charge in [-0.1, -0.05) is 13.5 Å². The normalized spacial score (nSPS) is 53.7. The number of esters is 1. The van der Waals surface area contributed by atoms with Gasteiger partial charge in [0.2, 0.25) is 0 Å². The first-order chi connectivity index (χ1) is 9.66. The van der Waals surface area contributed by atoms with Crippen LogP contribution in [0.5, 0.6) is 0 Å². The lowest BCUT2D eigenvalue weighted by Gasteiger charge is -2.33. The van der Waals surface area contributed by atoms with E-state index in [0.29, 0.717) is 6.42 Å². The number of aliphatic hydroxyl groups excluding tert-OH is 2. The molecule has 3 saturated heterocycles. The molecular formula is C15H22O6. The molecule has 0 saturated carbocycles. The van der Waals surface area contributed by atoms with Crippen molar-refractivity contribution in [2.45, 2.75) is 62.8 Å². The van der Waals surface area contributed by atoms with E-state index in [9.17, 15) is 20.1 Å². The molecule has 2 bridgehead atoms. The summed E-state index contributed by atoms with van der Waals surface area (Å²) in [5.74, 6) is -2.83. The molecule has 21 heavy (non-hydrogen) atoms. The standard InChI is InChI=1S/C15H22O6/c1-7-4-10-12(8(2)13(18)20-10)9(16)5-14(3)11(17)6-15(7,19)21-14/h7,9-12,16-17,19H,2,4-6H2,1,3H3/t7-,9-,10-,11+,12-,14+,15-/m1/s1. The van der Waals surface area contributed by atoms with E-state index >= 15 is 0 Å². The fourth-order valence-corrected chi connectivity index (χ4v) is 3.88.